The number of carbonyl (C=O) groups excluding carboxylic acids is 1. The van der Waals surface area contributed by atoms with Crippen LogP contribution in [0.4, 0.5) is 0 Å². The second kappa shape index (κ2) is 11.5. The van der Waals surface area contributed by atoms with E-state index in [2.05, 4.69) is 11.1 Å². The van der Waals surface area contributed by atoms with Gasteiger partial charge in [0.05, 0.1) is 18.2 Å². The predicted molar refractivity (Wildman–Crippen MR) is 122 cm³/mol. The molecule has 0 aliphatic rings. The van der Waals surface area contributed by atoms with E-state index in [1.165, 1.54) is 0 Å². The lowest BCUT2D eigenvalue weighted by molar-refractivity contribution is 0.0742. The maximum atomic E-state index is 13.3. The van der Waals surface area contributed by atoms with Crippen molar-refractivity contribution in [3.8, 4) is 17.6 Å². The van der Waals surface area contributed by atoms with Crippen LogP contribution >= 0.6 is 0 Å². The first-order valence-electron chi connectivity index (χ1n) is 10.7. The van der Waals surface area contributed by atoms with E-state index in [0.717, 1.165) is 17.5 Å². The summed E-state index contributed by atoms with van der Waals surface area (Å²) in [6.07, 6.45) is 4.29. The quantitative estimate of drug-likeness (QED) is 0.454. The molecule has 6 nitrogen and oxygen atoms in total. The minimum atomic E-state index is -0.0714. The molecule has 0 unspecified atom stereocenters. The third-order valence-electron chi connectivity index (χ3n) is 4.87. The van der Waals surface area contributed by atoms with Gasteiger partial charge in [0.1, 0.15) is 6.61 Å². The van der Waals surface area contributed by atoms with Gasteiger partial charge < -0.3 is 14.4 Å². The molecule has 32 heavy (non-hydrogen) atoms. The van der Waals surface area contributed by atoms with Gasteiger partial charge in [0.15, 0.2) is 11.5 Å². The number of nitriles is 1. The number of pyridine rings is 1. The minimum absolute atomic E-state index is 0.0714. The van der Waals surface area contributed by atoms with Crippen LogP contribution < -0.4 is 9.47 Å². The molecule has 0 radical (unpaired) electrons. The van der Waals surface area contributed by atoms with Crippen LogP contribution in [0.3, 0.4) is 0 Å². The largest absolute Gasteiger partial charge is 0.490 e. The van der Waals surface area contributed by atoms with E-state index >= 15 is 0 Å². The fourth-order valence-corrected chi connectivity index (χ4v) is 3.28. The van der Waals surface area contributed by atoms with Crippen LogP contribution in [-0.2, 0) is 13.2 Å². The van der Waals surface area contributed by atoms with Crippen LogP contribution in [0.15, 0.2) is 67.0 Å². The van der Waals surface area contributed by atoms with Crippen molar-refractivity contribution in [1.29, 1.82) is 5.26 Å². The number of ether oxygens (including phenoxy) is 2. The number of hydrogen-bond donors (Lipinski definition) is 0. The molecule has 3 rings (SSSR count). The van der Waals surface area contributed by atoms with Gasteiger partial charge in [0.25, 0.3) is 5.91 Å². The number of hydrogen-bond acceptors (Lipinski definition) is 5. The molecule has 0 spiro atoms. The van der Waals surface area contributed by atoms with Gasteiger partial charge in [0, 0.05) is 31.0 Å². The van der Waals surface area contributed by atoms with Gasteiger partial charge in [-0.1, -0.05) is 19.1 Å². The summed E-state index contributed by atoms with van der Waals surface area (Å²) in [5.41, 5.74) is 3.13. The summed E-state index contributed by atoms with van der Waals surface area (Å²) in [4.78, 5) is 19.1. The zero-order chi connectivity index (χ0) is 22.8. The molecule has 1 aromatic heterocycles. The van der Waals surface area contributed by atoms with E-state index in [1.807, 2.05) is 43.0 Å². The Morgan fingerprint density at radius 1 is 0.969 bits per heavy atom. The van der Waals surface area contributed by atoms with Crippen molar-refractivity contribution in [3.63, 3.8) is 0 Å². The summed E-state index contributed by atoms with van der Waals surface area (Å²) < 4.78 is 11.7. The van der Waals surface area contributed by atoms with Crippen LogP contribution in [0.2, 0.25) is 0 Å². The molecule has 0 aliphatic heterocycles. The summed E-state index contributed by atoms with van der Waals surface area (Å²) in [5, 5.41) is 8.99. The molecule has 0 N–H and O–H groups in total. The van der Waals surface area contributed by atoms with Crippen LogP contribution in [0, 0.1) is 11.3 Å². The molecule has 0 atom stereocenters. The van der Waals surface area contributed by atoms with Gasteiger partial charge in [-0.05, 0) is 66.9 Å². The van der Waals surface area contributed by atoms with Gasteiger partial charge in [-0.2, -0.15) is 5.26 Å². The Kier molecular flexibility index (Phi) is 8.22. The third kappa shape index (κ3) is 6.08. The number of rotatable bonds is 10. The zero-order valence-electron chi connectivity index (χ0n) is 18.5. The van der Waals surface area contributed by atoms with Crippen molar-refractivity contribution in [2.24, 2.45) is 0 Å². The van der Waals surface area contributed by atoms with E-state index in [9.17, 15) is 4.79 Å². The zero-order valence-corrected chi connectivity index (χ0v) is 18.5. The first-order valence-corrected chi connectivity index (χ1v) is 10.7. The molecular weight excluding hydrogens is 402 g/mol. The smallest absolute Gasteiger partial charge is 0.254 e. The Morgan fingerprint density at radius 3 is 2.38 bits per heavy atom. The topological polar surface area (TPSA) is 75.5 Å². The molecule has 0 fully saturated rings. The Balaban J connectivity index is 1.77. The van der Waals surface area contributed by atoms with Crippen LogP contribution in [-0.4, -0.2) is 28.9 Å². The van der Waals surface area contributed by atoms with Crippen molar-refractivity contribution in [3.05, 3.63) is 89.2 Å². The molecule has 0 bridgehead atoms. The number of carbonyl (C=O) groups is 1. The van der Waals surface area contributed by atoms with Gasteiger partial charge in [-0.25, -0.2) is 0 Å². The highest BCUT2D eigenvalue weighted by atomic mass is 16.5. The van der Waals surface area contributed by atoms with E-state index < -0.39 is 0 Å². The highest BCUT2D eigenvalue weighted by Gasteiger charge is 2.18. The van der Waals surface area contributed by atoms with E-state index in [4.69, 9.17) is 14.7 Å². The number of benzene rings is 2. The molecular formula is C26H27N3O3. The lowest BCUT2D eigenvalue weighted by Crippen LogP contribution is -2.31. The van der Waals surface area contributed by atoms with Crippen LogP contribution in [0.5, 0.6) is 11.5 Å². The molecule has 3 aromatic rings. The van der Waals surface area contributed by atoms with Crippen molar-refractivity contribution >= 4 is 5.91 Å². The first-order chi connectivity index (χ1) is 15.6. The standard InChI is InChI=1S/C26H27N3O3/c1-3-15-29(18-21-7-5-20(17-27)6-8-21)26(30)23-9-10-24(25(16-23)31-4-2)32-19-22-11-13-28-14-12-22/h5-14,16H,3-4,15,18-19H2,1-2H3. The molecule has 1 amide bonds. The van der Waals surface area contributed by atoms with Crippen molar-refractivity contribution in [2.75, 3.05) is 13.2 Å². The van der Waals surface area contributed by atoms with Crippen molar-refractivity contribution in [2.45, 2.75) is 33.4 Å². The predicted octanol–water partition coefficient (Wildman–Crippen LogP) is 4.98. The van der Waals surface area contributed by atoms with Crippen LogP contribution in [0.1, 0.15) is 47.3 Å². The highest BCUT2D eigenvalue weighted by molar-refractivity contribution is 5.95. The van der Waals surface area contributed by atoms with Gasteiger partial charge in [0.2, 0.25) is 0 Å². The molecule has 0 aliphatic carbocycles. The normalized spacial score (nSPS) is 10.3. The Hall–Kier alpha value is -3.85. The van der Waals surface area contributed by atoms with Gasteiger partial charge in [-0.15, -0.1) is 0 Å². The average Bonchev–Trinajstić information content (AvgIpc) is 2.84. The van der Waals surface area contributed by atoms with Crippen LogP contribution in [0.25, 0.3) is 0 Å². The fraction of sp³-hybridized carbons (Fsp3) is 0.269. The molecule has 164 valence electrons. The molecule has 0 saturated carbocycles. The lowest BCUT2D eigenvalue weighted by Gasteiger charge is -2.23. The summed E-state index contributed by atoms with van der Waals surface area (Å²) >= 11 is 0. The third-order valence-corrected chi connectivity index (χ3v) is 4.87. The maximum Gasteiger partial charge on any atom is 0.254 e. The lowest BCUT2D eigenvalue weighted by atomic mass is 10.1. The van der Waals surface area contributed by atoms with E-state index in [1.54, 1.807) is 42.7 Å². The SMILES string of the molecule is CCCN(Cc1ccc(C#N)cc1)C(=O)c1ccc(OCc2ccncc2)c(OCC)c1. The Morgan fingerprint density at radius 2 is 1.72 bits per heavy atom. The molecule has 6 heteroatoms. The maximum absolute atomic E-state index is 13.3. The fourth-order valence-electron chi connectivity index (χ4n) is 3.28. The first kappa shape index (κ1) is 22.8. The van der Waals surface area contributed by atoms with Crippen molar-refractivity contribution < 1.29 is 14.3 Å². The molecule has 0 saturated heterocycles. The monoisotopic (exact) mass is 429 g/mol. The molecule has 2 aromatic carbocycles. The summed E-state index contributed by atoms with van der Waals surface area (Å²) in [5.74, 6) is 1.06. The van der Waals surface area contributed by atoms with Gasteiger partial charge in [-0.3, -0.25) is 9.78 Å². The highest BCUT2D eigenvalue weighted by Crippen LogP contribution is 2.30. The van der Waals surface area contributed by atoms with E-state index in [-0.39, 0.29) is 5.91 Å². The number of aromatic nitrogens is 1. The Bertz CT molecular complexity index is 1060. The minimum Gasteiger partial charge on any atom is -0.490 e. The number of nitrogens with zero attached hydrogens (tertiary/aromatic N) is 3. The Labute approximate surface area is 189 Å². The van der Waals surface area contributed by atoms with Crippen molar-refractivity contribution in [1.82, 2.24) is 9.88 Å². The van der Waals surface area contributed by atoms with Gasteiger partial charge >= 0.3 is 0 Å². The molecule has 1 heterocycles. The summed E-state index contributed by atoms with van der Waals surface area (Å²) in [6, 6.07) is 18.5. The second-order valence-corrected chi connectivity index (χ2v) is 7.27. The number of amides is 1. The second-order valence-electron chi connectivity index (χ2n) is 7.27. The summed E-state index contributed by atoms with van der Waals surface area (Å²) in [7, 11) is 0. The average molecular weight is 430 g/mol. The van der Waals surface area contributed by atoms with E-state index in [0.29, 0.717) is 48.9 Å². The summed E-state index contributed by atoms with van der Waals surface area (Å²) in [6.45, 7) is 5.89.